The monoisotopic (exact) mass is 251 g/mol. The molecule has 0 bridgehead atoms. The van der Waals surface area contributed by atoms with E-state index >= 15 is 0 Å². The molecule has 2 heteroatoms. The average molecular weight is 252 g/mol. The first kappa shape index (κ1) is 12.9. The van der Waals surface area contributed by atoms with Gasteiger partial charge in [-0.1, -0.05) is 43.5 Å². The maximum Gasteiger partial charge on any atom is 0.0441 e. The third-order valence-corrected chi connectivity index (χ3v) is 4.64. The highest BCUT2D eigenvalue weighted by molar-refractivity contribution is 6.31. The average Bonchev–Trinajstić information content (AvgIpc) is 2.71. The minimum atomic E-state index is 0.227. The first-order chi connectivity index (χ1) is 8.01. The molecule has 1 aliphatic carbocycles. The molecule has 0 heterocycles. The van der Waals surface area contributed by atoms with Crippen molar-refractivity contribution < 1.29 is 0 Å². The van der Waals surface area contributed by atoms with Gasteiger partial charge in [0.15, 0.2) is 0 Å². The van der Waals surface area contributed by atoms with E-state index in [0.29, 0.717) is 5.41 Å². The number of hydrogen-bond acceptors (Lipinski definition) is 1. The Kier molecular flexibility index (Phi) is 3.79. The van der Waals surface area contributed by atoms with Gasteiger partial charge in [0.05, 0.1) is 0 Å². The molecule has 0 spiro atoms. The highest BCUT2D eigenvalue weighted by atomic mass is 35.5. The van der Waals surface area contributed by atoms with Gasteiger partial charge in [-0.25, -0.2) is 0 Å². The number of rotatable bonds is 3. The van der Waals surface area contributed by atoms with E-state index in [1.165, 1.54) is 36.8 Å². The van der Waals surface area contributed by atoms with Crippen LogP contribution in [0, 0.1) is 12.3 Å². The summed E-state index contributed by atoms with van der Waals surface area (Å²) in [5, 5.41) is 0.863. The van der Waals surface area contributed by atoms with Crippen molar-refractivity contribution >= 4 is 11.6 Å². The van der Waals surface area contributed by atoms with Crippen LogP contribution in [0.5, 0.6) is 0 Å². The molecule has 1 fully saturated rings. The van der Waals surface area contributed by atoms with E-state index in [2.05, 4.69) is 26.0 Å². The van der Waals surface area contributed by atoms with Gasteiger partial charge in [0.1, 0.15) is 0 Å². The lowest BCUT2D eigenvalue weighted by atomic mass is 9.78. The van der Waals surface area contributed by atoms with E-state index in [0.717, 1.165) is 11.4 Å². The molecule has 1 saturated carbocycles. The maximum atomic E-state index is 6.39. The number of aryl methyl sites for hydroxylation is 1. The summed E-state index contributed by atoms with van der Waals surface area (Å²) in [5.74, 6) is 0. The predicted molar refractivity (Wildman–Crippen MR) is 74.4 cm³/mol. The molecule has 1 aromatic rings. The number of nitrogens with two attached hydrogens (primary N) is 1. The Morgan fingerprint density at radius 3 is 2.59 bits per heavy atom. The summed E-state index contributed by atoms with van der Waals surface area (Å²) in [6.45, 7) is 4.39. The SMILES string of the molecule is Cc1ccc(CC(N)C2(C)CCCC2)c(Cl)c1. The van der Waals surface area contributed by atoms with Crippen molar-refractivity contribution in [2.24, 2.45) is 11.1 Å². The standard InChI is InChI=1S/C15H22ClN/c1-11-5-6-12(13(16)9-11)10-14(17)15(2)7-3-4-8-15/h5-6,9,14H,3-4,7-8,10,17H2,1-2H3. The Morgan fingerprint density at radius 2 is 2.00 bits per heavy atom. The van der Waals surface area contributed by atoms with Crippen LogP contribution in [0.25, 0.3) is 0 Å². The van der Waals surface area contributed by atoms with Gasteiger partial charge in [0, 0.05) is 11.1 Å². The summed E-state index contributed by atoms with van der Waals surface area (Å²) in [6, 6.07) is 6.49. The molecular formula is C15H22ClN. The molecule has 0 saturated heterocycles. The summed E-state index contributed by atoms with van der Waals surface area (Å²) >= 11 is 6.27. The molecule has 2 N–H and O–H groups in total. The lowest BCUT2D eigenvalue weighted by molar-refractivity contribution is 0.260. The van der Waals surface area contributed by atoms with E-state index in [1.807, 2.05) is 6.07 Å². The van der Waals surface area contributed by atoms with Gasteiger partial charge < -0.3 is 5.73 Å². The molecule has 1 aromatic carbocycles. The number of halogens is 1. The molecule has 0 amide bonds. The van der Waals surface area contributed by atoms with Crippen LogP contribution in [-0.4, -0.2) is 6.04 Å². The van der Waals surface area contributed by atoms with Gasteiger partial charge in [-0.2, -0.15) is 0 Å². The molecule has 0 aromatic heterocycles. The van der Waals surface area contributed by atoms with Gasteiger partial charge in [-0.15, -0.1) is 0 Å². The smallest absolute Gasteiger partial charge is 0.0441 e. The van der Waals surface area contributed by atoms with Crippen LogP contribution in [0.3, 0.4) is 0 Å². The van der Waals surface area contributed by atoms with Crippen LogP contribution < -0.4 is 5.73 Å². The molecule has 94 valence electrons. The number of benzene rings is 1. The van der Waals surface area contributed by atoms with Crippen molar-refractivity contribution in [2.75, 3.05) is 0 Å². The topological polar surface area (TPSA) is 26.0 Å². The quantitative estimate of drug-likeness (QED) is 0.860. The molecule has 1 nitrogen and oxygen atoms in total. The largest absolute Gasteiger partial charge is 0.327 e. The maximum absolute atomic E-state index is 6.39. The lowest BCUT2D eigenvalue weighted by Gasteiger charge is -2.31. The molecule has 2 rings (SSSR count). The van der Waals surface area contributed by atoms with Gasteiger partial charge >= 0.3 is 0 Å². The van der Waals surface area contributed by atoms with Crippen LogP contribution in [0.4, 0.5) is 0 Å². The zero-order valence-electron chi connectivity index (χ0n) is 10.8. The van der Waals surface area contributed by atoms with Crippen molar-refractivity contribution in [2.45, 2.75) is 52.0 Å². The fourth-order valence-electron chi connectivity index (χ4n) is 2.85. The van der Waals surface area contributed by atoms with E-state index in [4.69, 9.17) is 17.3 Å². The zero-order valence-corrected chi connectivity index (χ0v) is 11.6. The molecule has 1 unspecified atom stereocenters. The van der Waals surface area contributed by atoms with Gasteiger partial charge in [0.25, 0.3) is 0 Å². The molecule has 0 radical (unpaired) electrons. The zero-order chi connectivity index (χ0) is 12.5. The fourth-order valence-corrected chi connectivity index (χ4v) is 3.17. The summed E-state index contributed by atoms with van der Waals surface area (Å²) in [6.07, 6.45) is 6.07. The fraction of sp³-hybridized carbons (Fsp3) is 0.600. The molecular weight excluding hydrogens is 230 g/mol. The molecule has 1 aliphatic rings. The van der Waals surface area contributed by atoms with Crippen molar-refractivity contribution in [3.8, 4) is 0 Å². The normalized spacial score (nSPS) is 20.5. The summed E-state index contributed by atoms with van der Waals surface area (Å²) in [4.78, 5) is 0. The Balaban J connectivity index is 2.10. The second kappa shape index (κ2) is 4.99. The van der Waals surface area contributed by atoms with Gasteiger partial charge in [-0.05, 0) is 48.8 Å². The van der Waals surface area contributed by atoms with E-state index in [1.54, 1.807) is 0 Å². The highest BCUT2D eigenvalue weighted by Crippen LogP contribution is 2.41. The molecule has 17 heavy (non-hydrogen) atoms. The lowest BCUT2D eigenvalue weighted by Crippen LogP contribution is -2.39. The third kappa shape index (κ3) is 2.83. The van der Waals surface area contributed by atoms with Crippen LogP contribution in [0.2, 0.25) is 5.02 Å². The Bertz CT molecular complexity index is 394. The summed E-state index contributed by atoms with van der Waals surface area (Å²) in [5.41, 5.74) is 9.11. The van der Waals surface area contributed by atoms with E-state index < -0.39 is 0 Å². The van der Waals surface area contributed by atoms with Crippen LogP contribution >= 0.6 is 11.6 Å². The molecule has 1 atom stereocenters. The van der Waals surface area contributed by atoms with Crippen LogP contribution in [0.1, 0.15) is 43.7 Å². The first-order valence-electron chi connectivity index (χ1n) is 6.52. The minimum absolute atomic E-state index is 0.227. The summed E-state index contributed by atoms with van der Waals surface area (Å²) < 4.78 is 0. The van der Waals surface area contributed by atoms with Crippen molar-refractivity contribution in [3.63, 3.8) is 0 Å². The van der Waals surface area contributed by atoms with Crippen molar-refractivity contribution in [1.29, 1.82) is 0 Å². The van der Waals surface area contributed by atoms with Crippen molar-refractivity contribution in [3.05, 3.63) is 34.3 Å². The second-order valence-electron chi connectivity index (χ2n) is 5.77. The van der Waals surface area contributed by atoms with Gasteiger partial charge in [-0.3, -0.25) is 0 Å². The first-order valence-corrected chi connectivity index (χ1v) is 6.90. The third-order valence-electron chi connectivity index (χ3n) is 4.29. The van der Waals surface area contributed by atoms with E-state index in [-0.39, 0.29) is 6.04 Å². The minimum Gasteiger partial charge on any atom is -0.327 e. The van der Waals surface area contributed by atoms with Crippen molar-refractivity contribution in [1.82, 2.24) is 0 Å². The Morgan fingerprint density at radius 1 is 1.35 bits per heavy atom. The second-order valence-corrected chi connectivity index (χ2v) is 6.17. The summed E-state index contributed by atoms with van der Waals surface area (Å²) in [7, 11) is 0. The van der Waals surface area contributed by atoms with Gasteiger partial charge in [0.2, 0.25) is 0 Å². The Labute approximate surface area is 109 Å². The van der Waals surface area contributed by atoms with E-state index in [9.17, 15) is 0 Å². The Hall–Kier alpha value is -0.530. The highest BCUT2D eigenvalue weighted by Gasteiger charge is 2.34. The van der Waals surface area contributed by atoms with Crippen LogP contribution in [-0.2, 0) is 6.42 Å². The molecule has 0 aliphatic heterocycles. The number of hydrogen-bond donors (Lipinski definition) is 1. The van der Waals surface area contributed by atoms with Crippen LogP contribution in [0.15, 0.2) is 18.2 Å². The predicted octanol–water partition coefficient (Wildman–Crippen LogP) is 4.10.